The summed E-state index contributed by atoms with van der Waals surface area (Å²) in [5, 5.41) is 22.1. The summed E-state index contributed by atoms with van der Waals surface area (Å²) in [7, 11) is 0. The molecule has 11 heteroatoms. The van der Waals surface area contributed by atoms with E-state index in [0.717, 1.165) is 42.9 Å². The maximum absolute atomic E-state index is 12.1. The molecular weight excluding hydrogens is 570 g/mol. The third-order valence-electron chi connectivity index (χ3n) is 6.58. The van der Waals surface area contributed by atoms with E-state index in [9.17, 15) is 9.59 Å². The summed E-state index contributed by atoms with van der Waals surface area (Å²) in [5.41, 5.74) is 8.48. The van der Waals surface area contributed by atoms with Gasteiger partial charge in [-0.05, 0) is 58.1 Å². The number of hydrogen-bond acceptors (Lipinski definition) is 8. The van der Waals surface area contributed by atoms with Crippen LogP contribution >= 0.6 is 27.7 Å². The Morgan fingerprint density at radius 1 is 1.18 bits per heavy atom. The minimum atomic E-state index is -1.14. The summed E-state index contributed by atoms with van der Waals surface area (Å²) >= 11 is 5.69. The summed E-state index contributed by atoms with van der Waals surface area (Å²) < 4.78 is 6.22. The van der Waals surface area contributed by atoms with Crippen molar-refractivity contribution < 1.29 is 19.4 Å². The van der Waals surface area contributed by atoms with Crippen molar-refractivity contribution in [2.75, 3.05) is 13.2 Å². The number of nitrogens with one attached hydrogen (secondary N) is 2. The van der Waals surface area contributed by atoms with Gasteiger partial charge in [-0.3, -0.25) is 4.79 Å². The Bertz CT molecular complexity index is 1420. The van der Waals surface area contributed by atoms with Gasteiger partial charge in [0.2, 0.25) is 5.66 Å². The number of hydrogen-bond donors (Lipinski definition) is 3. The summed E-state index contributed by atoms with van der Waals surface area (Å²) in [6, 6.07) is 19.6. The number of halogens is 1. The van der Waals surface area contributed by atoms with Crippen molar-refractivity contribution in [3.8, 4) is 11.1 Å². The topological polar surface area (TPSA) is 116 Å². The number of aryl methyl sites for hydroxylation is 1. The number of hydrazine groups is 1. The Balaban J connectivity index is 1.46. The maximum Gasteiger partial charge on any atom is 0.407 e. The number of benzene rings is 3. The normalized spacial score (nSPS) is 18.1. The van der Waals surface area contributed by atoms with Crippen molar-refractivity contribution in [1.82, 2.24) is 15.9 Å². The molecule has 1 unspecified atom stereocenters. The van der Waals surface area contributed by atoms with E-state index in [1.54, 1.807) is 11.8 Å². The number of amides is 1. The quantitative estimate of drug-likeness (QED) is 0.289. The van der Waals surface area contributed by atoms with Crippen molar-refractivity contribution >= 4 is 39.8 Å². The number of aliphatic carboxylic acids is 1. The molecule has 1 spiro atoms. The second-order valence-corrected chi connectivity index (χ2v) is 10.8. The molecule has 3 aromatic carbocycles. The van der Waals surface area contributed by atoms with E-state index in [2.05, 4.69) is 63.2 Å². The van der Waals surface area contributed by atoms with E-state index in [1.165, 1.54) is 12.5 Å². The molecule has 0 radical (unpaired) electrons. The second kappa shape index (κ2) is 10.8. The third-order valence-corrected chi connectivity index (χ3v) is 8.93. The lowest BCUT2D eigenvalue weighted by atomic mass is 9.96. The number of carboxylic acid groups (broad SMARTS) is 1. The Morgan fingerprint density at radius 2 is 1.92 bits per heavy atom. The molecule has 5 rings (SSSR count). The van der Waals surface area contributed by atoms with Gasteiger partial charge in [-0.1, -0.05) is 59.8 Å². The fraction of sp³-hybridized carbons (Fsp3) is 0.259. The second-order valence-electron chi connectivity index (χ2n) is 9.04. The highest BCUT2D eigenvalue weighted by atomic mass is 79.9. The minimum Gasteiger partial charge on any atom is -0.480 e. The zero-order valence-electron chi connectivity index (χ0n) is 20.8. The van der Waals surface area contributed by atoms with Gasteiger partial charge in [-0.15, -0.1) is 16.9 Å². The maximum atomic E-state index is 12.1. The molecule has 0 fully saturated rings. The van der Waals surface area contributed by atoms with Gasteiger partial charge in [0.25, 0.3) is 0 Å². The first kappa shape index (κ1) is 26.2. The summed E-state index contributed by atoms with van der Waals surface area (Å²) in [5.74, 6) is -0.319. The lowest BCUT2D eigenvalue weighted by Gasteiger charge is -2.33. The fourth-order valence-electron chi connectivity index (χ4n) is 4.76. The Labute approximate surface area is 232 Å². The minimum absolute atomic E-state index is 0.00540. The highest BCUT2D eigenvalue weighted by molar-refractivity contribution is 9.10. The molecule has 1 aliphatic carbocycles. The number of nitrogens with zero attached hydrogens (tertiary/aromatic N) is 3. The predicted octanol–water partition coefficient (Wildman–Crippen LogP) is 5.62. The average Bonchev–Trinajstić information content (AvgIpc) is 3.44. The molecule has 3 N–H and O–H groups in total. The van der Waals surface area contributed by atoms with Gasteiger partial charge in [0.15, 0.2) is 0 Å². The van der Waals surface area contributed by atoms with Gasteiger partial charge >= 0.3 is 12.1 Å². The van der Waals surface area contributed by atoms with Crippen molar-refractivity contribution in [2.24, 2.45) is 10.3 Å². The molecule has 0 aromatic heterocycles. The number of carbonyl (C=O) groups is 2. The number of carbonyl (C=O) groups excluding carboxylic acids is 1. The first-order valence-electron chi connectivity index (χ1n) is 12.0. The van der Waals surface area contributed by atoms with E-state index in [1.807, 2.05) is 41.4 Å². The van der Waals surface area contributed by atoms with Crippen LogP contribution in [0.5, 0.6) is 0 Å². The smallest absolute Gasteiger partial charge is 0.407 e. The van der Waals surface area contributed by atoms with Gasteiger partial charge in [0.05, 0.1) is 6.54 Å². The lowest BCUT2D eigenvalue weighted by Crippen LogP contribution is -2.48. The fourth-order valence-corrected chi connectivity index (χ4v) is 6.92. The molecule has 1 heterocycles. The molecule has 0 bridgehead atoms. The number of alkyl carbamates (subject to hydrolysis) is 1. The number of fused-ring (bicyclic) bond motifs is 5. The van der Waals surface area contributed by atoms with Gasteiger partial charge in [-0.25, -0.2) is 10.3 Å². The van der Waals surface area contributed by atoms with Gasteiger partial charge in [-0.2, -0.15) is 5.01 Å². The predicted molar refractivity (Wildman–Crippen MR) is 147 cm³/mol. The molecule has 38 heavy (non-hydrogen) atoms. The Kier molecular flexibility index (Phi) is 7.42. The average molecular weight is 597 g/mol. The van der Waals surface area contributed by atoms with Crippen LogP contribution in [0.25, 0.3) is 11.1 Å². The first-order valence-corrected chi connectivity index (χ1v) is 13.8. The van der Waals surface area contributed by atoms with Gasteiger partial charge in [0, 0.05) is 26.2 Å². The molecule has 1 aliphatic heterocycles. The van der Waals surface area contributed by atoms with Crippen LogP contribution < -0.4 is 10.9 Å². The molecule has 196 valence electrons. The summed E-state index contributed by atoms with van der Waals surface area (Å²) in [4.78, 5) is 24.2. The zero-order chi connectivity index (χ0) is 26.9. The van der Waals surface area contributed by atoms with Crippen LogP contribution in [0.3, 0.4) is 0 Å². The van der Waals surface area contributed by atoms with E-state index in [4.69, 9.17) is 15.0 Å². The standard InChI is InChI=1S/C27H26BrN5O4S/c1-16-14-20-19-10-6-7-11-21(19)27(22(20)23(28)24(16)38-15-18-8-4-3-5-9-18)30-31-32-33(27)12-13-37-26(36)29-17(2)25(34)35/h3-11,14,17H,12-13,15H2,1-2H3,(H,29,36)(H,30,32)(H,34,35)/t17-,27?/m0/s1. The number of rotatable bonds is 8. The lowest BCUT2D eigenvalue weighted by molar-refractivity contribution is -0.138. The number of carboxylic acids is 1. The summed E-state index contributed by atoms with van der Waals surface area (Å²) in [6.07, 6.45) is -0.800. The Morgan fingerprint density at radius 3 is 2.68 bits per heavy atom. The molecule has 0 saturated carbocycles. The monoisotopic (exact) mass is 595 g/mol. The number of thioether (sulfide) groups is 1. The van der Waals surface area contributed by atoms with Crippen molar-refractivity contribution in [3.05, 3.63) is 87.4 Å². The molecule has 0 saturated heterocycles. The SMILES string of the molecule is Cc1cc2c(c(Br)c1SCc1ccccc1)C1(N=NNN1CCOC(=O)N[C@@H](C)C(=O)O)c1ccccc1-2. The van der Waals surface area contributed by atoms with Crippen molar-refractivity contribution in [1.29, 1.82) is 0 Å². The van der Waals surface area contributed by atoms with Gasteiger partial charge < -0.3 is 15.2 Å². The van der Waals surface area contributed by atoms with Gasteiger partial charge in [0.1, 0.15) is 12.6 Å². The van der Waals surface area contributed by atoms with E-state index < -0.39 is 23.8 Å². The van der Waals surface area contributed by atoms with Crippen LogP contribution in [-0.4, -0.2) is 41.4 Å². The van der Waals surface area contributed by atoms with Crippen LogP contribution in [0, 0.1) is 6.92 Å². The third kappa shape index (κ3) is 4.65. The number of ether oxygens (including phenoxy) is 1. The van der Waals surface area contributed by atoms with Crippen LogP contribution in [0.4, 0.5) is 4.79 Å². The highest BCUT2D eigenvalue weighted by Crippen LogP contribution is 2.57. The summed E-state index contributed by atoms with van der Waals surface area (Å²) in [6.45, 7) is 3.73. The van der Waals surface area contributed by atoms with Crippen LogP contribution in [0.2, 0.25) is 0 Å². The zero-order valence-corrected chi connectivity index (χ0v) is 23.2. The van der Waals surface area contributed by atoms with Crippen LogP contribution in [-0.2, 0) is 20.9 Å². The molecule has 9 nitrogen and oxygen atoms in total. The van der Waals surface area contributed by atoms with Crippen LogP contribution in [0.1, 0.15) is 29.2 Å². The van der Waals surface area contributed by atoms with E-state index >= 15 is 0 Å². The van der Waals surface area contributed by atoms with Crippen molar-refractivity contribution in [2.45, 2.75) is 36.2 Å². The van der Waals surface area contributed by atoms with Crippen molar-refractivity contribution in [3.63, 3.8) is 0 Å². The first-order chi connectivity index (χ1) is 18.3. The molecule has 3 aromatic rings. The van der Waals surface area contributed by atoms with E-state index in [-0.39, 0.29) is 13.2 Å². The Hall–Kier alpha value is -3.41. The molecule has 2 aliphatic rings. The van der Waals surface area contributed by atoms with E-state index in [0.29, 0.717) is 0 Å². The van der Waals surface area contributed by atoms with Crippen LogP contribution in [0.15, 0.2) is 80.4 Å². The largest absolute Gasteiger partial charge is 0.480 e. The molecular formula is C27H26BrN5O4S. The molecule has 2 atom stereocenters. The highest BCUT2D eigenvalue weighted by Gasteiger charge is 2.53. The molecule has 1 amide bonds.